The van der Waals surface area contributed by atoms with Crippen LogP contribution in [0.2, 0.25) is 0 Å². The van der Waals surface area contributed by atoms with E-state index in [1.807, 2.05) is 6.20 Å². The lowest BCUT2D eigenvalue weighted by atomic mass is 9.93. The summed E-state index contributed by atoms with van der Waals surface area (Å²) in [4.78, 5) is 14.6. The SMILES string of the molecule is NCC[C@H]1C[C@H](Nc2nccc(N3CCCCCC3)n2)CN1C1CCCCC1. The van der Waals surface area contributed by atoms with Crippen LogP contribution in [0.15, 0.2) is 12.3 Å². The molecule has 3 aliphatic rings. The Labute approximate surface area is 170 Å². The first-order valence-electron chi connectivity index (χ1n) is 11.6. The molecule has 0 spiro atoms. The molecule has 1 aromatic rings. The van der Waals surface area contributed by atoms with Crippen molar-refractivity contribution in [1.82, 2.24) is 14.9 Å². The summed E-state index contributed by atoms with van der Waals surface area (Å²) in [5, 5.41) is 3.66. The number of aromatic nitrogens is 2. The lowest BCUT2D eigenvalue weighted by Crippen LogP contribution is -2.41. The number of likely N-dealkylation sites (tertiary alicyclic amines) is 1. The second-order valence-electron chi connectivity index (χ2n) is 8.94. The largest absolute Gasteiger partial charge is 0.356 e. The molecule has 3 fully saturated rings. The van der Waals surface area contributed by atoms with E-state index < -0.39 is 0 Å². The fourth-order valence-corrected chi connectivity index (χ4v) is 5.46. The Morgan fingerprint density at radius 2 is 1.79 bits per heavy atom. The minimum Gasteiger partial charge on any atom is -0.356 e. The predicted molar refractivity (Wildman–Crippen MR) is 116 cm³/mol. The van der Waals surface area contributed by atoms with Crippen LogP contribution in [0.5, 0.6) is 0 Å². The Hall–Kier alpha value is -1.40. The van der Waals surface area contributed by atoms with Gasteiger partial charge in [0.05, 0.1) is 0 Å². The zero-order valence-corrected chi connectivity index (χ0v) is 17.4. The first-order valence-corrected chi connectivity index (χ1v) is 11.6. The summed E-state index contributed by atoms with van der Waals surface area (Å²) in [5.74, 6) is 1.88. The van der Waals surface area contributed by atoms with Crippen molar-refractivity contribution in [2.45, 2.75) is 88.8 Å². The summed E-state index contributed by atoms with van der Waals surface area (Å²) in [6.45, 7) is 4.12. The number of rotatable bonds is 6. The van der Waals surface area contributed by atoms with E-state index in [0.29, 0.717) is 12.1 Å². The highest BCUT2D eigenvalue weighted by atomic mass is 15.3. The van der Waals surface area contributed by atoms with Gasteiger partial charge < -0.3 is 16.0 Å². The molecule has 1 aromatic heterocycles. The van der Waals surface area contributed by atoms with E-state index in [0.717, 1.165) is 56.8 Å². The summed E-state index contributed by atoms with van der Waals surface area (Å²) in [6, 6.07) is 3.86. The van der Waals surface area contributed by atoms with Gasteiger partial charge in [-0.1, -0.05) is 32.1 Å². The van der Waals surface area contributed by atoms with Crippen LogP contribution in [-0.2, 0) is 0 Å². The molecule has 1 saturated carbocycles. The van der Waals surface area contributed by atoms with Gasteiger partial charge in [-0.2, -0.15) is 4.98 Å². The number of hydrogen-bond donors (Lipinski definition) is 2. The highest BCUT2D eigenvalue weighted by Gasteiger charge is 2.36. The third-order valence-corrected chi connectivity index (χ3v) is 6.90. The Balaban J connectivity index is 1.40. The van der Waals surface area contributed by atoms with Crippen LogP contribution < -0.4 is 16.0 Å². The number of nitrogens with one attached hydrogen (secondary N) is 1. The molecule has 2 saturated heterocycles. The standard InChI is InChI=1S/C22H38N6/c23-12-10-20-16-18(17-28(20)19-8-4-3-5-9-19)25-22-24-13-11-21(26-22)27-14-6-1-2-7-15-27/h11,13,18-20H,1-10,12,14-17,23H2,(H,24,25,26)/t18-,20-/m0/s1. The van der Waals surface area contributed by atoms with E-state index in [2.05, 4.69) is 26.2 Å². The van der Waals surface area contributed by atoms with Gasteiger partial charge >= 0.3 is 0 Å². The molecule has 6 heteroatoms. The molecule has 0 unspecified atom stereocenters. The molecule has 0 radical (unpaired) electrons. The smallest absolute Gasteiger partial charge is 0.224 e. The Morgan fingerprint density at radius 3 is 2.54 bits per heavy atom. The molecule has 0 amide bonds. The summed E-state index contributed by atoms with van der Waals surface area (Å²) in [5.41, 5.74) is 5.94. The van der Waals surface area contributed by atoms with E-state index in [9.17, 15) is 0 Å². The first-order chi connectivity index (χ1) is 13.8. The van der Waals surface area contributed by atoms with Crippen molar-refractivity contribution in [2.75, 3.05) is 36.4 Å². The third kappa shape index (κ3) is 4.95. The Morgan fingerprint density at radius 1 is 1.04 bits per heavy atom. The second kappa shape index (κ2) is 9.88. The number of anilines is 2. The minimum atomic E-state index is 0.429. The van der Waals surface area contributed by atoms with E-state index >= 15 is 0 Å². The van der Waals surface area contributed by atoms with Crippen molar-refractivity contribution in [3.8, 4) is 0 Å². The van der Waals surface area contributed by atoms with Gasteiger partial charge in [-0.3, -0.25) is 4.90 Å². The van der Waals surface area contributed by atoms with Crippen LogP contribution in [-0.4, -0.2) is 59.2 Å². The molecule has 156 valence electrons. The van der Waals surface area contributed by atoms with Crippen LogP contribution in [0.4, 0.5) is 11.8 Å². The Kier molecular flexibility index (Phi) is 7.02. The van der Waals surface area contributed by atoms with Gasteiger partial charge in [0, 0.05) is 44.0 Å². The normalized spacial score (nSPS) is 27.7. The van der Waals surface area contributed by atoms with Crippen LogP contribution in [0.3, 0.4) is 0 Å². The third-order valence-electron chi connectivity index (χ3n) is 6.90. The summed E-state index contributed by atoms with van der Waals surface area (Å²) < 4.78 is 0. The van der Waals surface area contributed by atoms with Crippen molar-refractivity contribution in [2.24, 2.45) is 5.73 Å². The fourth-order valence-electron chi connectivity index (χ4n) is 5.46. The maximum absolute atomic E-state index is 5.94. The zero-order valence-electron chi connectivity index (χ0n) is 17.4. The molecule has 1 aliphatic carbocycles. The van der Waals surface area contributed by atoms with E-state index in [-0.39, 0.29) is 0 Å². The molecule has 0 aromatic carbocycles. The highest BCUT2D eigenvalue weighted by molar-refractivity contribution is 5.43. The average Bonchev–Trinajstić information content (AvgIpc) is 2.93. The van der Waals surface area contributed by atoms with Crippen molar-refractivity contribution in [3.63, 3.8) is 0 Å². The molecule has 6 nitrogen and oxygen atoms in total. The van der Waals surface area contributed by atoms with Gasteiger partial charge in [-0.05, 0) is 51.1 Å². The molecule has 2 atom stereocenters. The van der Waals surface area contributed by atoms with Gasteiger partial charge in [0.1, 0.15) is 5.82 Å². The maximum atomic E-state index is 5.94. The quantitative estimate of drug-likeness (QED) is 0.781. The van der Waals surface area contributed by atoms with E-state index in [4.69, 9.17) is 10.7 Å². The van der Waals surface area contributed by atoms with Gasteiger partial charge in [0.25, 0.3) is 0 Å². The van der Waals surface area contributed by atoms with Crippen molar-refractivity contribution >= 4 is 11.8 Å². The Bertz CT molecular complexity index is 594. The monoisotopic (exact) mass is 386 g/mol. The highest BCUT2D eigenvalue weighted by Crippen LogP contribution is 2.31. The molecule has 3 heterocycles. The van der Waals surface area contributed by atoms with Crippen LogP contribution in [0.1, 0.15) is 70.6 Å². The van der Waals surface area contributed by atoms with Crippen LogP contribution in [0, 0.1) is 0 Å². The van der Waals surface area contributed by atoms with E-state index in [1.54, 1.807) is 0 Å². The van der Waals surface area contributed by atoms with E-state index in [1.165, 1.54) is 57.8 Å². The van der Waals surface area contributed by atoms with Gasteiger partial charge in [0.15, 0.2) is 0 Å². The first kappa shape index (κ1) is 19.9. The maximum Gasteiger partial charge on any atom is 0.224 e. The van der Waals surface area contributed by atoms with Crippen molar-refractivity contribution in [1.29, 1.82) is 0 Å². The number of hydrogen-bond acceptors (Lipinski definition) is 6. The fraction of sp³-hybridized carbons (Fsp3) is 0.818. The molecule has 3 N–H and O–H groups in total. The number of nitrogens with two attached hydrogens (primary N) is 1. The molecule has 2 aliphatic heterocycles. The van der Waals surface area contributed by atoms with Gasteiger partial charge in [0.2, 0.25) is 5.95 Å². The zero-order chi connectivity index (χ0) is 19.2. The lowest BCUT2D eigenvalue weighted by molar-refractivity contribution is 0.137. The lowest BCUT2D eigenvalue weighted by Gasteiger charge is -2.35. The summed E-state index contributed by atoms with van der Waals surface area (Å²) in [7, 11) is 0. The van der Waals surface area contributed by atoms with Gasteiger partial charge in [-0.15, -0.1) is 0 Å². The van der Waals surface area contributed by atoms with Crippen LogP contribution in [0.25, 0.3) is 0 Å². The molecule has 0 bridgehead atoms. The summed E-state index contributed by atoms with van der Waals surface area (Å²) >= 11 is 0. The molecular weight excluding hydrogens is 348 g/mol. The molecule has 4 rings (SSSR count). The average molecular weight is 387 g/mol. The number of nitrogens with zero attached hydrogens (tertiary/aromatic N) is 4. The summed E-state index contributed by atoms with van der Waals surface area (Å²) in [6.07, 6.45) is 16.3. The molecular formula is C22H38N6. The topological polar surface area (TPSA) is 70.3 Å². The van der Waals surface area contributed by atoms with Crippen LogP contribution >= 0.6 is 0 Å². The van der Waals surface area contributed by atoms with Crippen molar-refractivity contribution < 1.29 is 0 Å². The minimum absolute atomic E-state index is 0.429. The second-order valence-corrected chi connectivity index (χ2v) is 8.94. The van der Waals surface area contributed by atoms with Gasteiger partial charge in [-0.25, -0.2) is 4.98 Å². The van der Waals surface area contributed by atoms with Crippen molar-refractivity contribution in [3.05, 3.63) is 12.3 Å². The molecule has 28 heavy (non-hydrogen) atoms. The predicted octanol–water partition coefficient (Wildman–Crippen LogP) is 3.39.